The molecule has 0 saturated carbocycles. The number of nitrogens with one attached hydrogen (secondary N) is 1. The summed E-state index contributed by atoms with van der Waals surface area (Å²) in [5.41, 5.74) is 0. The minimum absolute atomic E-state index is 0.0383. The quantitative estimate of drug-likeness (QED) is 0.0196. The van der Waals surface area contributed by atoms with Gasteiger partial charge in [-0.3, -0.25) is 9.59 Å². The highest BCUT2D eigenvalue weighted by molar-refractivity contribution is 5.76. The molecule has 7 atom stereocenters. The summed E-state index contributed by atoms with van der Waals surface area (Å²) < 4.78 is 16.6. The Morgan fingerprint density at radius 1 is 0.549 bits per heavy atom. The van der Waals surface area contributed by atoms with Crippen LogP contribution in [0.1, 0.15) is 232 Å². The van der Waals surface area contributed by atoms with E-state index in [0.29, 0.717) is 25.9 Å². The maximum absolute atomic E-state index is 13.0. The third-order valence-electron chi connectivity index (χ3n) is 13.1. The molecule has 71 heavy (non-hydrogen) atoms. The van der Waals surface area contributed by atoms with Crippen LogP contribution in [0.2, 0.25) is 0 Å². The lowest BCUT2D eigenvalue weighted by molar-refractivity contribution is -0.302. The third-order valence-corrected chi connectivity index (χ3v) is 13.1. The van der Waals surface area contributed by atoms with Crippen molar-refractivity contribution in [1.82, 2.24) is 5.32 Å². The number of carbonyl (C=O) groups is 2. The van der Waals surface area contributed by atoms with E-state index < -0.39 is 49.5 Å². The van der Waals surface area contributed by atoms with Crippen molar-refractivity contribution in [1.29, 1.82) is 0 Å². The maximum atomic E-state index is 13.0. The topological polar surface area (TPSA) is 175 Å². The van der Waals surface area contributed by atoms with Gasteiger partial charge in [-0.15, -0.1) is 0 Å². The molecule has 11 heteroatoms. The summed E-state index contributed by atoms with van der Waals surface area (Å²) in [6.45, 7) is 4.01. The van der Waals surface area contributed by atoms with Gasteiger partial charge in [0.15, 0.2) is 6.29 Å². The molecule has 0 aromatic carbocycles. The van der Waals surface area contributed by atoms with Crippen molar-refractivity contribution in [2.45, 2.75) is 275 Å². The van der Waals surface area contributed by atoms with Crippen molar-refractivity contribution in [2.24, 2.45) is 0 Å². The zero-order valence-corrected chi connectivity index (χ0v) is 44.9. The van der Waals surface area contributed by atoms with Gasteiger partial charge in [-0.1, -0.05) is 176 Å². The molecular formula is C60H105NO10. The van der Waals surface area contributed by atoms with E-state index >= 15 is 0 Å². The summed E-state index contributed by atoms with van der Waals surface area (Å²) >= 11 is 0. The molecule has 6 N–H and O–H groups in total. The number of allylic oxidation sites excluding steroid dienone is 11. The summed E-state index contributed by atoms with van der Waals surface area (Å²) in [4.78, 5) is 25.0. The molecule has 1 aliphatic rings. The fraction of sp³-hybridized carbons (Fsp3) is 0.767. The molecule has 0 bridgehead atoms. The van der Waals surface area contributed by atoms with E-state index in [-0.39, 0.29) is 18.5 Å². The Kier molecular flexibility index (Phi) is 45.9. The third kappa shape index (κ3) is 39.3. The predicted molar refractivity (Wildman–Crippen MR) is 292 cm³/mol. The van der Waals surface area contributed by atoms with Gasteiger partial charge in [0, 0.05) is 12.8 Å². The van der Waals surface area contributed by atoms with Gasteiger partial charge in [-0.05, 0) is 116 Å². The van der Waals surface area contributed by atoms with Crippen LogP contribution >= 0.6 is 0 Å². The zero-order chi connectivity index (χ0) is 51.7. The van der Waals surface area contributed by atoms with Gasteiger partial charge in [0.05, 0.1) is 32.0 Å². The Balaban J connectivity index is 2.08. The van der Waals surface area contributed by atoms with Crippen molar-refractivity contribution < 1.29 is 49.3 Å². The van der Waals surface area contributed by atoms with E-state index in [1.165, 1.54) is 103 Å². The zero-order valence-electron chi connectivity index (χ0n) is 44.9. The average molecular weight is 1000 g/mol. The largest absolute Gasteiger partial charge is 0.466 e. The van der Waals surface area contributed by atoms with Crippen molar-refractivity contribution in [2.75, 3.05) is 19.8 Å². The van der Waals surface area contributed by atoms with Crippen molar-refractivity contribution >= 4 is 11.9 Å². The minimum Gasteiger partial charge on any atom is -0.466 e. The number of aliphatic hydroxyl groups is 5. The second kappa shape index (κ2) is 49.3. The van der Waals surface area contributed by atoms with Crippen molar-refractivity contribution in [3.05, 3.63) is 72.9 Å². The Bertz CT molecular complexity index is 1410. The molecule has 1 aliphatic heterocycles. The lowest BCUT2D eigenvalue weighted by atomic mass is 9.99. The van der Waals surface area contributed by atoms with Crippen LogP contribution in [0, 0.1) is 0 Å². The predicted octanol–water partition coefficient (Wildman–Crippen LogP) is 12.8. The molecule has 0 aromatic heterocycles. The van der Waals surface area contributed by atoms with E-state index in [9.17, 15) is 35.1 Å². The van der Waals surface area contributed by atoms with Crippen LogP contribution < -0.4 is 5.32 Å². The monoisotopic (exact) mass is 1000 g/mol. The molecule has 0 aromatic rings. The molecule has 1 rings (SSSR count). The van der Waals surface area contributed by atoms with Crippen LogP contribution in [-0.4, -0.2) is 100 Å². The van der Waals surface area contributed by atoms with Gasteiger partial charge in [-0.2, -0.15) is 0 Å². The highest BCUT2D eigenvalue weighted by Crippen LogP contribution is 2.23. The number of aliphatic hydroxyl groups excluding tert-OH is 5. The normalized spacial score (nSPS) is 19.7. The number of amides is 1. The van der Waals surface area contributed by atoms with Crippen molar-refractivity contribution in [3.63, 3.8) is 0 Å². The van der Waals surface area contributed by atoms with Gasteiger partial charge in [0.25, 0.3) is 0 Å². The first-order valence-corrected chi connectivity index (χ1v) is 28.7. The minimum atomic E-state index is -1.59. The number of ether oxygens (including phenoxy) is 3. The van der Waals surface area contributed by atoms with Crippen LogP contribution in [-0.2, 0) is 23.8 Å². The molecule has 0 spiro atoms. The summed E-state index contributed by atoms with van der Waals surface area (Å²) in [5.74, 6) is -0.256. The summed E-state index contributed by atoms with van der Waals surface area (Å²) in [7, 11) is 0. The first-order chi connectivity index (χ1) is 34.7. The van der Waals surface area contributed by atoms with Crippen LogP contribution in [0.3, 0.4) is 0 Å². The number of hydrogen-bond acceptors (Lipinski definition) is 10. The smallest absolute Gasteiger partial charge is 0.305 e. The molecule has 1 saturated heterocycles. The molecule has 410 valence electrons. The van der Waals surface area contributed by atoms with E-state index in [1.807, 2.05) is 19.1 Å². The standard InChI is InChI=1S/C60H105NO10/c1-3-5-7-9-11-13-14-15-16-18-22-25-28-32-36-40-44-48-56(65)69-49-45-41-37-33-29-26-23-20-17-19-21-24-27-31-35-39-43-47-55(64)61-52(53(63)46-42-38-34-30-12-10-8-6-4-2)51-70-60-59(68)58(67)57(66)54(50-62)71-60/h4,6,12,15-17,20,26,29-30,42,46,52-54,57-60,62-63,66-68H,3,5,7-11,13-14,18-19,21-25,27-28,31-41,43-45,47-51H2,1-2H3,(H,61,64)/b6-4+,16-15-,20-17-,29-26-,30-12+,46-42+. The van der Waals surface area contributed by atoms with E-state index in [0.717, 1.165) is 96.3 Å². The highest BCUT2D eigenvalue weighted by atomic mass is 16.7. The molecule has 1 heterocycles. The number of carbonyl (C=O) groups excluding carboxylic acids is 2. The SMILES string of the molecule is C/C=C/CC/C=C/CC/C=C/C(O)C(COC1OC(CO)C(O)C(O)C1O)NC(=O)CCCCCCCCC/C=C\C/C=C\CCCCCOC(=O)CCCCCCCCC/C=C\CCCCCCCC. The first kappa shape index (κ1) is 66.1. The number of hydrogen-bond donors (Lipinski definition) is 6. The molecule has 7 unspecified atom stereocenters. The fourth-order valence-corrected chi connectivity index (χ4v) is 8.50. The lowest BCUT2D eigenvalue weighted by Gasteiger charge is -2.40. The molecule has 1 fully saturated rings. The van der Waals surface area contributed by atoms with Gasteiger partial charge < -0.3 is 45.1 Å². The number of rotatable bonds is 48. The maximum Gasteiger partial charge on any atom is 0.305 e. The molecule has 0 radical (unpaired) electrons. The Morgan fingerprint density at radius 3 is 1.56 bits per heavy atom. The highest BCUT2D eigenvalue weighted by Gasteiger charge is 2.44. The molecule has 0 aliphatic carbocycles. The van der Waals surface area contributed by atoms with Gasteiger partial charge in [0.2, 0.25) is 5.91 Å². The molecule has 11 nitrogen and oxygen atoms in total. The first-order valence-electron chi connectivity index (χ1n) is 28.7. The van der Waals surface area contributed by atoms with Crippen molar-refractivity contribution in [3.8, 4) is 0 Å². The van der Waals surface area contributed by atoms with Gasteiger partial charge in [-0.25, -0.2) is 0 Å². The van der Waals surface area contributed by atoms with Crippen LogP contribution in [0.25, 0.3) is 0 Å². The average Bonchev–Trinajstić information content (AvgIpc) is 3.37. The Hall–Kier alpha value is -2.90. The van der Waals surface area contributed by atoms with Crippen LogP contribution in [0.5, 0.6) is 0 Å². The van der Waals surface area contributed by atoms with Gasteiger partial charge in [0.1, 0.15) is 24.4 Å². The van der Waals surface area contributed by atoms with E-state index in [1.54, 1.807) is 6.08 Å². The summed E-state index contributed by atoms with van der Waals surface area (Å²) in [5, 5.41) is 54.1. The summed E-state index contributed by atoms with van der Waals surface area (Å²) in [6, 6.07) is -0.847. The summed E-state index contributed by atoms with van der Waals surface area (Å²) in [6.07, 6.45) is 54.5. The second-order valence-corrected chi connectivity index (χ2v) is 19.6. The fourth-order valence-electron chi connectivity index (χ4n) is 8.50. The van der Waals surface area contributed by atoms with Crippen LogP contribution in [0.4, 0.5) is 0 Å². The van der Waals surface area contributed by atoms with E-state index in [4.69, 9.17) is 14.2 Å². The van der Waals surface area contributed by atoms with E-state index in [2.05, 4.69) is 66.9 Å². The Labute approximate surface area is 432 Å². The molecule has 1 amide bonds. The second-order valence-electron chi connectivity index (χ2n) is 19.6. The number of unbranched alkanes of at least 4 members (excludes halogenated alkanes) is 25. The number of esters is 1. The molecular weight excluding hydrogens is 895 g/mol. The Morgan fingerprint density at radius 2 is 1.01 bits per heavy atom. The lowest BCUT2D eigenvalue weighted by Crippen LogP contribution is -2.60. The van der Waals surface area contributed by atoms with Gasteiger partial charge >= 0.3 is 5.97 Å². The van der Waals surface area contributed by atoms with Crippen LogP contribution in [0.15, 0.2) is 72.9 Å².